The maximum atomic E-state index is 11.1. The zero-order valence-corrected chi connectivity index (χ0v) is 8.10. The molecular formula is C9H14N2O2. The van der Waals surface area contributed by atoms with Gasteiger partial charge in [0.25, 0.3) is 5.91 Å². The lowest BCUT2D eigenvalue weighted by molar-refractivity contribution is 0.1000. The number of furan rings is 1. The maximum Gasteiger partial charge on any atom is 0.254 e. The number of nitrogens with one attached hydrogen (secondary N) is 1. The van der Waals surface area contributed by atoms with Gasteiger partial charge < -0.3 is 15.5 Å². The first-order valence-corrected chi connectivity index (χ1v) is 4.21. The third kappa shape index (κ3) is 1.66. The Morgan fingerprint density at radius 2 is 2.15 bits per heavy atom. The molecule has 0 unspecified atom stereocenters. The van der Waals surface area contributed by atoms with Crippen LogP contribution in [0.3, 0.4) is 0 Å². The van der Waals surface area contributed by atoms with Gasteiger partial charge in [-0.05, 0) is 20.8 Å². The summed E-state index contributed by atoms with van der Waals surface area (Å²) in [7, 11) is 0. The van der Waals surface area contributed by atoms with Crippen LogP contribution in [-0.2, 0) is 0 Å². The van der Waals surface area contributed by atoms with Gasteiger partial charge in [0, 0.05) is 12.1 Å². The lowest BCUT2D eigenvalue weighted by Gasteiger charge is -1.99. The topological polar surface area (TPSA) is 68.3 Å². The second-order valence-corrected chi connectivity index (χ2v) is 2.88. The number of anilines is 1. The summed E-state index contributed by atoms with van der Waals surface area (Å²) in [6, 6.07) is 0. The van der Waals surface area contributed by atoms with Gasteiger partial charge in [-0.1, -0.05) is 0 Å². The third-order valence-corrected chi connectivity index (χ3v) is 1.97. The van der Waals surface area contributed by atoms with Crippen LogP contribution in [-0.4, -0.2) is 12.5 Å². The lowest BCUT2D eigenvalue weighted by Crippen LogP contribution is -2.14. The molecule has 0 atom stereocenters. The van der Waals surface area contributed by atoms with E-state index in [-0.39, 0.29) is 0 Å². The molecule has 0 aliphatic rings. The first-order chi connectivity index (χ1) is 6.07. The van der Waals surface area contributed by atoms with Crippen molar-refractivity contribution >= 4 is 11.8 Å². The molecule has 4 heteroatoms. The van der Waals surface area contributed by atoms with Crippen LogP contribution in [0.2, 0.25) is 0 Å². The van der Waals surface area contributed by atoms with E-state index in [1.54, 1.807) is 0 Å². The van der Waals surface area contributed by atoms with Gasteiger partial charge in [0.2, 0.25) is 5.88 Å². The van der Waals surface area contributed by atoms with Crippen molar-refractivity contribution in [3.63, 3.8) is 0 Å². The first-order valence-electron chi connectivity index (χ1n) is 4.21. The Bertz CT molecular complexity index is 329. The highest BCUT2D eigenvalue weighted by Gasteiger charge is 2.18. The summed E-state index contributed by atoms with van der Waals surface area (Å²) in [5.41, 5.74) is 6.49. The normalized spacial score (nSPS) is 10.1. The second kappa shape index (κ2) is 3.51. The average Bonchev–Trinajstić information content (AvgIpc) is 2.28. The van der Waals surface area contributed by atoms with Crippen molar-refractivity contribution < 1.29 is 9.21 Å². The van der Waals surface area contributed by atoms with E-state index in [2.05, 4.69) is 5.32 Å². The Morgan fingerprint density at radius 1 is 1.54 bits per heavy atom. The molecule has 1 amide bonds. The molecule has 13 heavy (non-hydrogen) atoms. The summed E-state index contributed by atoms with van der Waals surface area (Å²) < 4.78 is 5.34. The molecule has 0 aliphatic heterocycles. The minimum absolute atomic E-state index is 0.453. The second-order valence-electron chi connectivity index (χ2n) is 2.88. The number of amides is 1. The van der Waals surface area contributed by atoms with Crippen LogP contribution in [0, 0.1) is 13.8 Å². The largest absolute Gasteiger partial charge is 0.445 e. The predicted octanol–water partition coefficient (Wildman–Crippen LogP) is 1.43. The molecule has 72 valence electrons. The van der Waals surface area contributed by atoms with Gasteiger partial charge in [-0.25, -0.2) is 0 Å². The highest BCUT2D eigenvalue weighted by atomic mass is 16.4. The fourth-order valence-electron chi connectivity index (χ4n) is 1.21. The fraction of sp³-hybridized carbons (Fsp3) is 0.444. The lowest BCUT2D eigenvalue weighted by atomic mass is 10.1. The highest BCUT2D eigenvalue weighted by molar-refractivity contribution is 5.99. The zero-order chi connectivity index (χ0) is 10.0. The van der Waals surface area contributed by atoms with Crippen LogP contribution in [0.5, 0.6) is 0 Å². The van der Waals surface area contributed by atoms with Crippen LogP contribution in [0.15, 0.2) is 4.42 Å². The van der Waals surface area contributed by atoms with Gasteiger partial charge in [0.05, 0.1) is 0 Å². The summed E-state index contributed by atoms with van der Waals surface area (Å²) in [4.78, 5) is 11.1. The van der Waals surface area contributed by atoms with E-state index in [0.29, 0.717) is 18.0 Å². The van der Waals surface area contributed by atoms with Crippen molar-refractivity contribution in [1.82, 2.24) is 0 Å². The van der Waals surface area contributed by atoms with Gasteiger partial charge in [-0.2, -0.15) is 0 Å². The number of primary amides is 1. The smallest absolute Gasteiger partial charge is 0.254 e. The molecule has 1 rings (SSSR count). The van der Waals surface area contributed by atoms with Crippen LogP contribution in [0.1, 0.15) is 28.6 Å². The summed E-state index contributed by atoms with van der Waals surface area (Å²) in [5.74, 6) is 0.750. The van der Waals surface area contributed by atoms with Crippen LogP contribution in [0.4, 0.5) is 5.88 Å². The Hall–Kier alpha value is -1.45. The van der Waals surface area contributed by atoms with Crippen LogP contribution >= 0.6 is 0 Å². The van der Waals surface area contributed by atoms with Crippen LogP contribution in [0.25, 0.3) is 0 Å². The number of carbonyl (C=O) groups excluding carboxylic acids is 1. The molecular weight excluding hydrogens is 168 g/mol. The fourth-order valence-corrected chi connectivity index (χ4v) is 1.21. The molecule has 0 aliphatic carbocycles. The van der Waals surface area contributed by atoms with E-state index in [4.69, 9.17) is 10.2 Å². The molecule has 4 nitrogen and oxygen atoms in total. The van der Waals surface area contributed by atoms with Crippen molar-refractivity contribution in [2.24, 2.45) is 5.73 Å². The molecule has 0 aromatic carbocycles. The van der Waals surface area contributed by atoms with Gasteiger partial charge in [0.1, 0.15) is 11.3 Å². The summed E-state index contributed by atoms with van der Waals surface area (Å²) in [6.45, 7) is 6.26. The van der Waals surface area contributed by atoms with Crippen LogP contribution < -0.4 is 11.1 Å². The van der Waals surface area contributed by atoms with Crippen molar-refractivity contribution in [3.8, 4) is 0 Å². The standard InChI is InChI=1S/C9H14N2O2/c1-4-11-9-7(8(10)12)5(2)6(3)13-9/h11H,4H2,1-3H3,(H2,10,12). The number of hydrogen-bond donors (Lipinski definition) is 2. The van der Waals surface area contributed by atoms with E-state index in [1.807, 2.05) is 20.8 Å². The predicted molar refractivity (Wildman–Crippen MR) is 50.9 cm³/mol. The molecule has 0 fully saturated rings. The number of aryl methyl sites for hydroxylation is 1. The molecule has 0 spiro atoms. The summed E-state index contributed by atoms with van der Waals surface area (Å²) >= 11 is 0. The summed E-state index contributed by atoms with van der Waals surface area (Å²) in [5, 5.41) is 2.95. The molecule has 3 N–H and O–H groups in total. The number of rotatable bonds is 3. The molecule has 0 saturated carbocycles. The van der Waals surface area contributed by atoms with Gasteiger partial charge in [-0.15, -0.1) is 0 Å². The summed E-state index contributed by atoms with van der Waals surface area (Å²) in [6.07, 6.45) is 0. The van der Waals surface area contributed by atoms with E-state index >= 15 is 0 Å². The maximum absolute atomic E-state index is 11.1. The number of carbonyl (C=O) groups is 1. The highest BCUT2D eigenvalue weighted by Crippen LogP contribution is 2.25. The molecule has 1 aromatic heterocycles. The number of hydrogen-bond acceptors (Lipinski definition) is 3. The first kappa shape index (κ1) is 9.64. The van der Waals surface area contributed by atoms with Gasteiger partial charge in [0.15, 0.2) is 0 Å². The number of nitrogens with two attached hydrogens (primary N) is 1. The van der Waals surface area contributed by atoms with Crippen molar-refractivity contribution in [1.29, 1.82) is 0 Å². The molecule has 1 heterocycles. The Morgan fingerprint density at radius 3 is 2.62 bits per heavy atom. The Kier molecular flexibility index (Phi) is 2.60. The zero-order valence-electron chi connectivity index (χ0n) is 8.10. The molecule has 1 aromatic rings. The van der Waals surface area contributed by atoms with Gasteiger partial charge in [-0.3, -0.25) is 4.79 Å². The minimum Gasteiger partial charge on any atom is -0.445 e. The van der Waals surface area contributed by atoms with Crippen molar-refractivity contribution in [3.05, 3.63) is 16.9 Å². The van der Waals surface area contributed by atoms with Crippen molar-refractivity contribution in [2.45, 2.75) is 20.8 Å². The average molecular weight is 182 g/mol. The third-order valence-electron chi connectivity index (χ3n) is 1.97. The molecule has 0 bridgehead atoms. The van der Waals surface area contributed by atoms with E-state index in [0.717, 1.165) is 11.3 Å². The minimum atomic E-state index is -0.453. The quantitative estimate of drug-likeness (QED) is 0.743. The van der Waals surface area contributed by atoms with E-state index in [1.165, 1.54) is 0 Å². The Balaban J connectivity index is 3.18. The van der Waals surface area contributed by atoms with E-state index < -0.39 is 5.91 Å². The SMILES string of the molecule is CCNc1oc(C)c(C)c1C(N)=O. The van der Waals surface area contributed by atoms with Crippen molar-refractivity contribution in [2.75, 3.05) is 11.9 Å². The van der Waals surface area contributed by atoms with Gasteiger partial charge >= 0.3 is 0 Å². The molecule has 0 saturated heterocycles. The van der Waals surface area contributed by atoms with E-state index in [9.17, 15) is 4.79 Å². The monoisotopic (exact) mass is 182 g/mol. The molecule has 0 radical (unpaired) electrons. The Labute approximate surface area is 77.1 Å².